The lowest BCUT2D eigenvalue weighted by Crippen LogP contribution is -2.53. The molecule has 2 aromatic rings. The van der Waals surface area contributed by atoms with Crippen LogP contribution in [0, 0.1) is 29.1 Å². The first-order chi connectivity index (χ1) is 22.1. The molecule has 2 amide bonds. The van der Waals surface area contributed by atoms with Gasteiger partial charge in [-0.15, -0.1) is 11.3 Å². The van der Waals surface area contributed by atoms with Crippen molar-refractivity contribution in [2.24, 2.45) is 17.8 Å². The molecule has 3 fully saturated rings. The van der Waals surface area contributed by atoms with Crippen molar-refractivity contribution >= 4 is 33.4 Å². The van der Waals surface area contributed by atoms with E-state index in [-0.39, 0.29) is 17.0 Å². The summed E-state index contributed by atoms with van der Waals surface area (Å²) in [6.07, 6.45) is 2.59. The summed E-state index contributed by atoms with van der Waals surface area (Å²) in [4.78, 5) is 30.5. The van der Waals surface area contributed by atoms with Crippen LogP contribution in [0.5, 0.6) is 0 Å². The third-order valence-corrected chi connectivity index (χ3v) is 11.6. The third kappa shape index (κ3) is 7.37. The number of halogens is 3. The van der Waals surface area contributed by atoms with E-state index >= 15 is 0 Å². The fraction of sp³-hybridized carbons (Fsp3) is 0.688. The van der Waals surface area contributed by atoms with Crippen molar-refractivity contribution in [1.29, 1.82) is 5.26 Å². The van der Waals surface area contributed by atoms with Crippen LogP contribution in [0.25, 0.3) is 10.2 Å². The number of rotatable bonds is 8. The quantitative estimate of drug-likeness (QED) is 0.431. The second kappa shape index (κ2) is 13.9. The summed E-state index contributed by atoms with van der Waals surface area (Å²) in [5, 5.41) is 16.9. The number of piperazine rings is 1. The van der Waals surface area contributed by atoms with Crippen molar-refractivity contribution in [3.05, 3.63) is 29.0 Å². The second-order valence-corrected chi connectivity index (χ2v) is 14.4. The number of amides is 2. The highest BCUT2D eigenvalue weighted by molar-refractivity contribution is 7.18. The molecule has 2 saturated heterocycles. The SMILES string of the molecule is CNC(=O)N1CCN(CCN2C(C#N)=CC3C(C)C(CN4CCC(Nc5ncnc6sc(CC(F)(F)F)cc56)CC4)CCC32)CC1. The Morgan fingerprint density at radius 3 is 2.52 bits per heavy atom. The molecule has 5 heterocycles. The van der Waals surface area contributed by atoms with Crippen LogP contribution in [0.1, 0.15) is 37.5 Å². The number of urea groups is 1. The van der Waals surface area contributed by atoms with Crippen molar-refractivity contribution < 1.29 is 18.0 Å². The maximum atomic E-state index is 12.9. The highest BCUT2D eigenvalue weighted by atomic mass is 32.1. The standard InChI is InChI=1S/C32H44F3N9OS/c1-21-22(3-4-28-26(21)15-24(18-36)44(28)14-11-41-9-12-43(13-10-41)31(45)37-2)19-42-7-5-23(6-8-42)40-29-27-16-25(17-32(33,34)35)46-30(27)39-20-38-29/h15-16,20-23,26,28H,3-14,17,19H2,1-2H3,(H,37,45)(H,38,39,40). The fourth-order valence-corrected chi connectivity index (χ4v) is 8.93. The van der Waals surface area contributed by atoms with Crippen LogP contribution in [0.15, 0.2) is 24.2 Å². The first-order valence-corrected chi connectivity index (χ1v) is 17.3. The average Bonchev–Trinajstić information content (AvgIpc) is 3.62. The lowest BCUT2D eigenvalue weighted by Gasteiger charge is -2.44. The van der Waals surface area contributed by atoms with Crippen molar-refractivity contribution in [2.45, 2.75) is 57.3 Å². The van der Waals surface area contributed by atoms with Gasteiger partial charge < -0.3 is 25.3 Å². The van der Waals surface area contributed by atoms with Gasteiger partial charge in [-0.2, -0.15) is 18.4 Å². The van der Waals surface area contributed by atoms with Crippen LogP contribution < -0.4 is 10.6 Å². The molecular weight excluding hydrogens is 615 g/mol. The molecule has 3 aliphatic heterocycles. The number of anilines is 1. The minimum absolute atomic E-state index is 0.0189. The van der Waals surface area contributed by atoms with Gasteiger partial charge in [0.05, 0.1) is 11.8 Å². The number of allylic oxidation sites excluding steroid dienone is 1. The molecule has 4 aliphatic rings. The van der Waals surface area contributed by atoms with E-state index in [0.717, 1.165) is 102 Å². The van der Waals surface area contributed by atoms with Crippen molar-refractivity contribution in [2.75, 3.05) is 71.3 Å². The van der Waals surface area contributed by atoms with E-state index in [0.29, 0.717) is 39.8 Å². The van der Waals surface area contributed by atoms with E-state index in [1.165, 1.54) is 6.33 Å². The zero-order valence-corrected chi connectivity index (χ0v) is 27.4. The van der Waals surface area contributed by atoms with E-state index in [2.05, 4.69) is 54.4 Å². The number of nitriles is 1. The number of carbonyl (C=O) groups excluding carboxylic acids is 1. The smallest absolute Gasteiger partial charge is 0.367 e. The van der Waals surface area contributed by atoms with Crippen LogP contribution in [-0.2, 0) is 6.42 Å². The van der Waals surface area contributed by atoms with Gasteiger partial charge in [-0.05, 0) is 49.7 Å². The van der Waals surface area contributed by atoms with Crippen molar-refractivity contribution in [1.82, 2.24) is 34.9 Å². The second-order valence-electron chi connectivity index (χ2n) is 13.2. The van der Waals surface area contributed by atoms with Gasteiger partial charge in [-0.1, -0.05) is 6.92 Å². The summed E-state index contributed by atoms with van der Waals surface area (Å²) < 4.78 is 38.8. The molecule has 4 unspecified atom stereocenters. The minimum Gasteiger partial charge on any atom is -0.367 e. The van der Waals surface area contributed by atoms with Crippen LogP contribution >= 0.6 is 11.3 Å². The Kier molecular flexibility index (Phi) is 9.91. The van der Waals surface area contributed by atoms with Gasteiger partial charge in [-0.25, -0.2) is 14.8 Å². The lowest BCUT2D eigenvalue weighted by atomic mass is 9.70. The summed E-state index contributed by atoms with van der Waals surface area (Å²) in [6, 6.07) is 4.63. The first-order valence-electron chi connectivity index (χ1n) is 16.5. The number of hydrogen-bond acceptors (Lipinski definition) is 9. The zero-order chi connectivity index (χ0) is 32.4. The number of aromatic nitrogens is 2. The summed E-state index contributed by atoms with van der Waals surface area (Å²) >= 11 is 1.08. The predicted octanol–water partition coefficient (Wildman–Crippen LogP) is 4.38. The Balaban J connectivity index is 0.979. The lowest BCUT2D eigenvalue weighted by molar-refractivity contribution is -0.126. The molecule has 6 rings (SSSR count). The normalized spacial score (nSPS) is 26.6. The molecule has 10 nitrogen and oxygen atoms in total. The Bertz CT molecular complexity index is 1440. The number of fused-ring (bicyclic) bond motifs is 2. The predicted molar refractivity (Wildman–Crippen MR) is 172 cm³/mol. The van der Waals surface area contributed by atoms with Gasteiger partial charge in [0.15, 0.2) is 0 Å². The van der Waals surface area contributed by atoms with E-state index in [9.17, 15) is 23.2 Å². The molecule has 0 radical (unpaired) electrons. The Morgan fingerprint density at radius 2 is 1.83 bits per heavy atom. The molecule has 2 aromatic heterocycles. The Labute approximate surface area is 272 Å². The summed E-state index contributed by atoms with van der Waals surface area (Å²) in [6.45, 7) is 10.2. The third-order valence-electron chi connectivity index (χ3n) is 10.5. The molecule has 250 valence electrons. The number of carbonyl (C=O) groups is 1. The largest absolute Gasteiger partial charge is 0.393 e. The average molecular weight is 660 g/mol. The first kappa shape index (κ1) is 32.8. The van der Waals surface area contributed by atoms with Gasteiger partial charge >= 0.3 is 12.2 Å². The number of nitrogens with zero attached hydrogens (tertiary/aromatic N) is 7. The van der Waals surface area contributed by atoms with Gasteiger partial charge in [-0.3, -0.25) is 4.90 Å². The van der Waals surface area contributed by atoms with E-state index < -0.39 is 12.6 Å². The number of hydrogen-bond donors (Lipinski definition) is 2. The monoisotopic (exact) mass is 659 g/mol. The molecule has 0 bridgehead atoms. The van der Waals surface area contributed by atoms with E-state index in [4.69, 9.17) is 0 Å². The van der Waals surface area contributed by atoms with Gasteiger partial charge in [0.2, 0.25) is 0 Å². The van der Waals surface area contributed by atoms with Crippen LogP contribution in [-0.4, -0.2) is 120 Å². The van der Waals surface area contributed by atoms with Crippen molar-refractivity contribution in [3.63, 3.8) is 0 Å². The highest BCUT2D eigenvalue weighted by Gasteiger charge is 2.44. The molecule has 2 N–H and O–H groups in total. The Hall–Kier alpha value is -3.15. The fourth-order valence-electron chi connectivity index (χ4n) is 7.91. The number of thiophene rings is 1. The number of alkyl halides is 3. The number of nitrogens with one attached hydrogen (secondary N) is 2. The molecule has 46 heavy (non-hydrogen) atoms. The zero-order valence-electron chi connectivity index (χ0n) is 26.6. The number of likely N-dealkylation sites (tertiary alicyclic amines) is 1. The Morgan fingerprint density at radius 1 is 1.07 bits per heavy atom. The van der Waals surface area contributed by atoms with Gasteiger partial charge in [0.1, 0.15) is 28.7 Å². The highest BCUT2D eigenvalue weighted by Crippen LogP contribution is 2.44. The molecule has 14 heteroatoms. The maximum absolute atomic E-state index is 12.9. The molecule has 0 aromatic carbocycles. The molecule has 4 atom stereocenters. The molecule has 0 spiro atoms. The van der Waals surface area contributed by atoms with Gasteiger partial charge in [0, 0.05) is 88.8 Å². The molecule has 1 aliphatic carbocycles. The van der Waals surface area contributed by atoms with Crippen molar-refractivity contribution in [3.8, 4) is 6.07 Å². The number of piperidine rings is 1. The van der Waals surface area contributed by atoms with Crippen LogP contribution in [0.4, 0.5) is 23.8 Å². The summed E-state index contributed by atoms with van der Waals surface area (Å²) in [5.41, 5.74) is 0.813. The minimum atomic E-state index is -4.25. The molecule has 1 saturated carbocycles. The topological polar surface area (TPSA) is 104 Å². The summed E-state index contributed by atoms with van der Waals surface area (Å²) in [7, 11) is 1.67. The maximum Gasteiger partial charge on any atom is 0.393 e. The van der Waals surface area contributed by atoms with Gasteiger partial charge in [0.25, 0.3) is 0 Å². The molecular formula is C32H44F3N9OS. The van der Waals surface area contributed by atoms with E-state index in [1.807, 2.05) is 4.90 Å². The van der Waals surface area contributed by atoms with Crippen LogP contribution in [0.2, 0.25) is 0 Å². The summed E-state index contributed by atoms with van der Waals surface area (Å²) in [5.74, 6) is 2.06. The van der Waals surface area contributed by atoms with Crippen LogP contribution in [0.3, 0.4) is 0 Å². The van der Waals surface area contributed by atoms with E-state index in [1.54, 1.807) is 13.1 Å².